The molecule has 1 saturated carbocycles. The van der Waals surface area contributed by atoms with Gasteiger partial charge in [0.25, 0.3) is 0 Å². The summed E-state index contributed by atoms with van der Waals surface area (Å²) in [4.78, 5) is 49.0. The number of esters is 1. The second kappa shape index (κ2) is 17.2. The van der Waals surface area contributed by atoms with E-state index in [1.54, 1.807) is 24.1 Å². The third kappa shape index (κ3) is 10.0. The topological polar surface area (TPSA) is 113 Å². The summed E-state index contributed by atoms with van der Waals surface area (Å²) in [5, 5.41) is 3.16. The van der Waals surface area contributed by atoms with Crippen LogP contribution in [0.4, 0.5) is 16.2 Å². The number of aliphatic imine (C=N–C) groups is 1. The second-order valence-electron chi connectivity index (χ2n) is 13.7. The quantitative estimate of drug-likeness (QED) is 0.160. The molecule has 1 aliphatic carbocycles. The number of amides is 2. The van der Waals surface area contributed by atoms with Crippen molar-refractivity contribution in [3.63, 3.8) is 0 Å². The van der Waals surface area contributed by atoms with Crippen molar-refractivity contribution in [2.75, 3.05) is 39.2 Å². The molecule has 51 heavy (non-hydrogen) atoms. The summed E-state index contributed by atoms with van der Waals surface area (Å²) in [5.41, 5.74) is 6.46. The highest BCUT2D eigenvalue weighted by Gasteiger charge is 2.30. The maximum absolute atomic E-state index is 13.5. The third-order valence-electron chi connectivity index (χ3n) is 9.36. The number of carbonyl (C=O) groups excluding carboxylic acids is 3. The van der Waals surface area contributed by atoms with Gasteiger partial charge in [0.2, 0.25) is 11.9 Å². The monoisotopic (exact) mass is 697 g/mol. The zero-order valence-electron chi connectivity index (χ0n) is 30.8. The van der Waals surface area contributed by atoms with Crippen LogP contribution in [-0.2, 0) is 27.5 Å². The molecular weight excluding hydrogens is 646 g/mol. The molecule has 0 saturated heterocycles. The van der Waals surface area contributed by atoms with Gasteiger partial charge in [0.15, 0.2) is 5.75 Å². The Kier molecular flexibility index (Phi) is 12.6. The summed E-state index contributed by atoms with van der Waals surface area (Å²) >= 11 is 0. The van der Waals surface area contributed by atoms with E-state index in [0.29, 0.717) is 42.7 Å². The van der Waals surface area contributed by atoms with Crippen LogP contribution in [0.3, 0.4) is 0 Å². The highest BCUT2D eigenvalue weighted by Crippen LogP contribution is 2.32. The number of anilines is 1. The minimum Gasteiger partial charge on any atom is -0.494 e. The lowest BCUT2D eigenvalue weighted by Gasteiger charge is -2.33. The van der Waals surface area contributed by atoms with Crippen LogP contribution < -0.4 is 19.7 Å². The van der Waals surface area contributed by atoms with E-state index in [1.807, 2.05) is 70.1 Å². The van der Waals surface area contributed by atoms with E-state index in [4.69, 9.17) is 19.2 Å². The van der Waals surface area contributed by atoms with Gasteiger partial charge in [-0.25, -0.2) is 14.7 Å². The van der Waals surface area contributed by atoms with E-state index >= 15 is 0 Å². The van der Waals surface area contributed by atoms with Crippen LogP contribution in [0.1, 0.15) is 72.8 Å². The first-order valence-corrected chi connectivity index (χ1v) is 17.8. The molecule has 1 N–H and O–H groups in total. The van der Waals surface area contributed by atoms with Crippen molar-refractivity contribution in [1.82, 2.24) is 15.1 Å². The summed E-state index contributed by atoms with van der Waals surface area (Å²) in [6.45, 7) is 6.73. The number of para-hydroxylation sites is 2. The first-order chi connectivity index (χ1) is 24.5. The van der Waals surface area contributed by atoms with Gasteiger partial charge in [-0.3, -0.25) is 9.59 Å². The Hall–Kier alpha value is -5.06. The van der Waals surface area contributed by atoms with Crippen LogP contribution in [-0.4, -0.2) is 74.1 Å². The normalized spacial score (nSPS) is 14.2. The molecule has 5 rings (SSSR count). The van der Waals surface area contributed by atoms with Gasteiger partial charge in [-0.2, -0.15) is 0 Å². The van der Waals surface area contributed by atoms with Gasteiger partial charge in [0.05, 0.1) is 18.0 Å². The summed E-state index contributed by atoms with van der Waals surface area (Å²) in [6.07, 6.45) is 6.08. The molecular formula is C40H51N5O6. The summed E-state index contributed by atoms with van der Waals surface area (Å²) < 4.78 is 17.6. The summed E-state index contributed by atoms with van der Waals surface area (Å²) in [5.74, 6) is 0.914. The molecule has 11 nitrogen and oxygen atoms in total. The van der Waals surface area contributed by atoms with Crippen LogP contribution >= 0.6 is 0 Å². The molecule has 2 amide bonds. The number of fused-ring (bicyclic) bond motifs is 1. The van der Waals surface area contributed by atoms with Crippen molar-refractivity contribution >= 4 is 35.3 Å². The lowest BCUT2D eigenvalue weighted by atomic mass is 9.95. The number of carbonyl (C=O) groups is 3. The first-order valence-electron chi connectivity index (χ1n) is 17.8. The minimum absolute atomic E-state index is 0.0703. The van der Waals surface area contributed by atoms with Gasteiger partial charge in [-0.05, 0) is 87.1 Å². The summed E-state index contributed by atoms with van der Waals surface area (Å²) in [7, 11) is 5.32. The molecule has 0 bridgehead atoms. The Labute approximate surface area is 301 Å². The number of hydrogen-bond acceptors (Lipinski definition) is 9. The minimum atomic E-state index is -0.650. The molecule has 3 aromatic rings. The highest BCUT2D eigenvalue weighted by molar-refractivity contribution is 5.98. The van der Waals surface area contributed by atoms with Crippen molar-refractivity contribution < 1.29 is 28.6 Å². The number of hydrogen-bond donors (Lipinski definition) is 1. The van der Waals surface area contributed by atoms with Gasteiger partial charge < -0.3 is 29.3 Å². The Balaban J connectivity index is 1.28. The van der Waals surface area contributed by atoms with Gasteiger partial charge in [-0.15, -0.1) is 0 Å². The Morgan fingerprint density at radius 2 is 1.67 bits per heavy atom. The Morgan fingerprint density at radius 1 is 0.941 bits per heavy atom. The van der Waals surface area contributed by atoms with Crippen molar-refractivity contribution in [2.45, 2.75) is 84.9 Å². The second-order valence-corrected chi connectivity index (χ2v) is 13.7. The Morgan fingerprint density at radius 3 is 2.39 bits per heavy atom. The number of nitrogens with zero attached hydrogens (tertiary/aromatic N) is 4. The molecule has 0 radical (unpaired) electrons. The van der Waals surface area contributed by atoms with E-state index < -0.39 is 12.1 Å². The number of ether oxygens (including phenoxy) is 3. The van der Waals surface area contributed by atoms with E-state index in [0.717, 1.165) is 46.3 Å². The van der Waals surface area contributed by atoms with Crippen LogP contribution in [0.15, 0.2) is 59.6 Å². The van der Waals surface area contributed by atoms with Crippen LogP contribution in [0.2, 0.25) is 0 Å². The number of aryl methyl sites for hydroxylation is 3. The fraction of sp³-hybridized carbons (Fsp3) is 0.450. The molecule has 1 aliphatic heterocycles. The van der Waals surface area contributed by atoms with E-state index in [9.17, 15) is 14.4 Å². The molecule has 0 unspecified atom stereocenters. The fourth-order valence-electron chi connectivity index (χ4n) is 6.67. The molecule has 0 spiro atoms. The molecule has 1 heterocycles. The predicted molar refractivity (Wildman–Crippen MR) is 199 cm³/mol. The van der Waals surface area contributed by atoms with Crippen LogP contribution in [0, 0.1) is 20.8 Å². The number of nitrogens with one attached hydrogen (secondary N) is 1. The van der Waals surface area contributed by atoms with Gasteiger partial charge in [-0.1, -0.05) is 49.1 Å². The van der Waals surface area contributed by atoms with Crippen molar-refractivity contribution in [3.8, 4) is 11.5 Å². The number of guanidine groups is 1. The van der Waals surface area contributed by atoms with E-state index in [-0.39, 0.29) is 31.6 Å². The van der Waals surface area contributed by atoms with Gasteiger partial charge in [0.1, 0.15) is 18.9 Å². The van der Waals surface area contributed by atoms with E-state index in [1.165, 1.54) is 24.2 Å². The molecule has 3 aromatic carbocycles. The average molecular weight is 698 g/mol. The molecule has 1 fully saturated rings. The summed E-state index contributed by atoms with van der Waals surface area (Å²) in [6, 6.07) is 17.3. The molecule has 11 heteroatoms. The average Bonchev–Trinajstić information content (AvgIpc) is 3.09. The zero-order chi connectivity index (χ0) is 36.5. The third-order valence-corrected chi connectivity index (χ3v) is 9.36. The molecule has 2 aliphatic rings. The van der Waals surface area contributed by atoms with Crippen LogP contribution in [0.25, 0.3) is 0 Å². The van der Waals surface area contributed by atoms with E-state index in [2.05, 4.69) is 17.4 Å². The van der Waals surface area contributed by atoms with Crippen molar-refractivity contribution in [3.05, 3.63) is 82.4 Å². The molecule has 0 atom stereocenters. The maximum Gasteiger partial charge on any atom is 0.421 e. The van der Waals surface area contributed by atoms with Crippen molar-refractivity contribution in [2.24, 2.45) is 4.99 Å². The Bertz CT molecular complexity index is 1730. The van der Waals surface area contributed by atoms with Gasteiger partial charge in [0, 0.05) is 45.7 Å². The van der Waals surface area contributed by atoms with Gasteiger partial charge >= 0.3 is 12.1 Å². The molecule has 0 aromatic heterocycles. The lowest BCUT2D eigenvalue weighted by Crippen LogP contribution is -2.49. The van der Waals surface area contributed by atoms with Crippen molar-refractivity contribution in [1.29, 1.82) is 0 Å². The maximum atomic E-state index is 13.5. The number of benzene rings is 3. The lowest BCUT2D eigenvalue weighted by molar-refractivity contribution is -0.145. The highest BCUT2D eigenvalue weighted by atomic mass is 16.6. The fourth-order valence-corrected chi connectivity index (χ4v) is 6.67. The first kappa shape index (κ1) is 37.2. The number of rotatable bonds is 12. The largest absolute Gasteiger partial charge is 0.494 e. The predicted octanol–water partition coefficient (Wildman–Crippen LogP) is 6.96. The standard InChI is InChI=1S/C40H51N5O6/c1-27-21-28(2)33(29(3)22-27)26-50-38(47)25-45-24-30-23-32(49-20-12-17-37(46)41-31-13-8-7-9-14-31)18-19-34(30)42-39(45)44(6)40(48)51-36-16-11-10-15-35(36)43(4)5/h10-11,15-16,18-19,21-23,31H,7-9,12-14,17,20,24-26H2,1-6H3,(H,41,46). The molecule has 272 valence electrons. The zero-order valence-corrected chi connectivity index (χ0v) is 30.8. The van der Waals surface area contributed by atoms with Crippen LogP contribution in [0.5, 0.6) is 11.5 Å². The SMILES string of the molecule is Cc1cc(C)c(COC(=O)CN2Cc3cc(OCCCC(=O)NC4CCCCC4)ccc3N=C2N(C)C(=O)Oc2ccccc2N(C)C)c(C)c1. The smallest absolute Gasteiger partial charge is 0.421 e.